The first-order chi connectivity index (χ1) is 15.9. The number of pyridine rings is 1. The van der Waals surface area contributed by atoms with Crippen molar-refractivity contribution in [1.29, 1.82) is 0 Å². The molecule has 0 amide bonds. The van der Waals surface area contributed by atoms with Gasteiger partial charge in [-0.15, -0.1) is 5.10 Å². The van der Waals surface area contributed by atoms with Crippen molar-refractivity contribution in [2.75, 3.05) is 5.32 Å². The van der Waals surface area contributed by atoms with Crippen molar-refractivity contribution >= 4 is 22.5 Å². The molecule has 8 nitrogen and oxygen atoms in total. The standard InChI is InChI=1S/C25H26N6O2/c1-14-12-18(16(3)29-20-9-5-4-8-17(20)25(26)30-31-27)24-19(13-14)22(32)15(2)23(33-24)21-10-6-7-11-28-21/h4-13,16,29,31H,27H2,1-3H3,(H2,26,30). The lowest BCUT2D eigenvalue weighted by molar-refractivity contribution is 0.603. The van der Waals surface area contributed by atoms with Crippen LogP contribution < -0.4 is 27.9 Å². The maximum atomic E-state index is 13.3. The minimum absolute atomic E-state index is 0.0696. The summed E-state index contributed by atoms with van der Waals surface area (Å²) in [5, 5.41) is 7.89. The molecule has 8 heteroatoms. The number of nitrogens with one attached hydrogen (secondary N) is 2. The molecule has 4 aromatic rings. The van der Waals surface area contributed by atoms with E-state index in [4.69, 9.17) is 16.0 Å². The molecule has 2 aromatic heterocycles. The fraction of sp³-hybridized carbons (Fsp3) is 0.160. The fourth-order valence-corrected chi connectivity index (χ4v) is 3.90. The molecule has 33 heavy (non-hydrogen) atoms. The molecule has 0 spiro atoms. The molecular formula is C25H26N6O2. The zero-order chi connectivity index (χ0) is 23.5. The number of anilines is 1. The molecule has 0 saturated heterocycles. The van der Waals surface area contributed by atoms with Gasteiger partial charge in [-0.25, -0.2) is 11.4 Å². The van der Waals surface area contributed by atoms with Gasteiger partial charge in [-0.05, 0) is 56.7 Å². The Kier molecular flexibility index (Phi) is 6.10. The molecule has 1 atom stereocenters. The van der Waals surface area contributed by atoms with Crippen LogP contribution in [-0.4, -0.2) is 10.8 Å². The second-order valence-electron chi connectivity index (χ2n) is 7.87. The summed E-state index contributed by atoms with van der Waals surface area (Å²) >= 11 is 0. The Labute approximate surface area is 191 Å². The van der Waals surface area contributed by atoms with Crippen molar-refractivity contribution in [3.8, 4) is 11.5 Å². The van der Waals surface area contributed by atoms with Crippen LogP contribution in [0.1, 0.15) is 35.2 Å². The van der Waals surface area contributed by atoms with Crippen LogP contribution >= 0.6 is 0 Å². The molecule has 0 saturated carbocycles. The summed E-state index contributed by atoms with van der Waals surface area (Å²) in [6.45, 7) is 5.73. The van der Waals surface area contributed by atoms with Crippen LogP contribution in [0.5, 0.6) is 0 Å². The van der Waals surface area contributed by atoms with Crippen LogP contribution in [0.25, 0.3) is 22.4 Å². The SMILES string of the molecule is Cc1cc(C(C)Nc2ccccc2/C(N)=N/NN)c2oc(-c3ccccn3)c(C)c(=O)c2c1. The second kappa shape index (κ2) is 9.13. The van der Waals surface area contributed by atoms with Crippen LogP contribution in [0, 0.1) is 13.8 Å². The number of rotatable bonds is 6. The first kappa shape index (κ1) is 22.0. The molecule has 2 heterocycles. The summed E-state index contributed by atoms with van der Waals surface area (Å²) in [5.41, 5.74) is 13.2. The summed E-state index contributed by atoms with van der Waals surface area (Å²) in [4.78, 5) is 17.6. The third-order valence-corrected chi connectivity index (χ3v) is 5.52. The summed E-state index contributed by atoms with van der Waals surface area (Å²) < 4.78 is 6.34. The van der Waals surface area contributed by atoms with Crippen molar-refractivity contribution in [1.82, 2.24) is 10.5 Å². The van der Waals surface area contributed by atoms with Gasteiger partial charge >= 0.3 is 0 Å². The molecule has 2 aromatic carbocycles. The minimum atomic E-state index is -0.213. The summed E-state index contributed by atoms with van der Waals surface area (Å²) in [6.07, 6.45) is 1.68. The number of hydrazine groups is 1. The average Bonchev–Trinajstić information content (AvgIpc) is 2.82. The van der Waals surface area contributed by atoms with Crippen molar-refractivity contribution in [2.45, 2.75) is 26.8 Å². The van der Waals surface area contributed by atoms with E-state index in [2.05, 4.69) is 20.9 Å². The van der Waals surface area contributed by atoms with Gasteiger partial charge in [0.25, 0.3) is 0 Å². The number of para-hydroxylation sites is 1. The highest BCUT2D eigenvalue weighted by Crippen LogP contribution is 2.32. The van der Waals surface area contributed by atoms with E-state index < -0.39 is 0 Å². The Hall–Kier alpha value is -4.17. The number of nitrogens with zero attached hydrogens (tertiary/aromatic N) is 2. The predicted octanol–water partition coefficient (Wildman–Crippen LogP) is 3.73. The van der Waals surface area contributed by atoms with E-state index in [9.17, 15) is 4.79 Å². The average molecular weight is 443 g/mol. The van der Waals surface area contributed by atoms with Crippen LogP contribution in [0.3, 0.4) is 0 Å². The molecule has 0 aliphatic heterocycles. The molecule has 6 N–H and O–H groups in total. The number of nitrogens with two attached hydrogens (primary N) is 2. The van der Waals surface area contributed by atoms with E-state index >= 15 is 0 Å². The summed E-state index contributed by atoms with van der Waals surface area (Å²) in [7, 11) is 0. The first-order valence-electron chi connectivity index (χ1n) is 10.5. The molecule has 0 bridgehead atoms. The van der Waals surface area contributed by atoms with E-state index in [1.54, 1.807) is 13.1 Å². The number of fused-ring (bicyclic) bond motifs is 1. The minimum Gasteiger partial charge on any atom is -0.454 e. The number of aryl methyl sites for hydroxylation is 1. The van der Waals surface area contributed by atoms with Gasteiger partial charge in [0, 0.05) is 28.6 Å². The normalized spacial score (nSPS) is 12.5. The maximum absolute atomic E-state index is 13.3. The van der Waals surface area contributed by atoms with Gasteiger partial charge < -0.3 is 15.5 Å². The Balaban J connectivity index is 1.86. The predicted molar refractivity (Wildman–Crippen MR) is 132 cm³/mol. The van der Waals surface area contributed by atoms with Gasteiger partial charge in [-0.1, -0.05) is 24.3 Å². The Morgan fingerprint density at radius 1 is 1.12 bits per heavy atom. The summed E-state index contributed by atoms with van der Waals surface area (Å²) in [6, 6.07) is 16.7. The van der Waals surface area contributed by atoms with E-state index in [-0.39, 0.29) is 17.3 Å². The third-order valence-electron chi connectivity index (χ3n) is 5.52. The third kappa shape index (κ3) is 4.28. The molecule has 0 radical (unpaired) electrons. The van der Waals surface area contributed by atoms with Crippen LogP contribution in [0.4, 0.5) is 5.69 Å². The summed E-state index contributed by atoms with van der Waals surface area (Å²) in [5.74, 6) is 6.01. The van der Waals surface area contributed by atoms with E-state index in [0.717, 1.165) is 16.8 Å². The quantitative estimate of drug-likeness (QED) is 0.155. The van der Waals surface area contributed by atoms with Crippen molar-refractivity contribution in [3.05, 3.63) is 93.3 Å². The number of hydrogen-bond acceptors (Lipinski definition) is 7. The molecule has 0 aliphatic rings. The Morgan fingerprint density at radius 2 is 1.88 bits per heavy atom. The second-order valence-corrected chi connectivity index (χ2v) is 7.87. The van der Waals surface area contributed by atoms with Crippen LogP contribution in [0.15, 0.2) is 75.1 Å². The Bertz CT molecular complexity index is 1400. The lowest BCUT2D eigenvalue weighted by Crippen LogP contribution is -2.24. The lowest BCUT2D eigenvalue weighted by Gasteiger charge is -2.20. The van der Waals surface area contributed by atoms with Gasteiger partial charge in [0.15, 0.2) is 17.0 Å². The first-order valence-corrected chi connectivity index (χ1v) is 10.5. The molecule has 168 valence electrons. The highest BCUT2D eigenvalue weighted by atomic mass is 16.3. The number of hydrazone groups is 1. The highest BCUT2D eigenvalue weighted by Gasteiger charge is 2.20. The monoisotopic (exact) mass is 442 g/mol. The van der Waals surface area contributed by atoms with Gasteiger partial charge in [0.1, 0.15) is 11.3 Å². The van der Waals surface area contributed by atoms with E-state index in [0.29, 0.717) is 33.6 Å². The number of aromatic nitrogens is 1. The smallest absolute Gasteiger partial charge is 0.196 e. The van der Waals surface area contributed by atoms with Crippen molar-refractivity contribution < 1.29 is 4.42 Å². The van der Waals surface area contributed by atoms with E-state index in [1.807, 2.05) is 68.4 Å². The number of amidine groups is 1. The van der Waals surface area contributed by atoms with Gasteiger partial charge in [-0.2, -0.15) is 0 Å². The fourth-order valence-electron chi connectivity index (χ4n) is 3.90. The van der Waals surface area contributed by atoms with Crippen LogP contribution in [0.2, 0.25) is 0 Å². The molecule has 4 rings (SSSR count). The topological polar surface area (TPSA) is 132 Å². The largest absolute Gasteiger partial charge is 0.454 e. The van der Waals surface area contributed by atoms with Crippen LogP contribution in [-0.2, 0) is 0 Å². The zero-order valence-electron chi connectivity index (χ0n) is 18.7. The Morgan fingerprint density at radius 3 is 2.61 bits per heavy atom. The molecule has 0 fully saturated rings. The highest BCUT2D eigenvalue weighted by molar-refractivity contribution is 6.02. The van der Waals surface area contributed by atoms with E-state index in [1.165, 1.54) is 0 Å². The van der Waals surface area contributed by atoms with Gasteiger partial charge in [0.05, 0.1) is 11.4 Å². The zero-order valence-corrected chi connectivity index (χ0v) is 18.7. The molecule has 1 unspecified atom stereocenters. The van der Waals surface area contributed by atoms with Crippen molar-refractivity contribution in [2.24, 2.45) is 16.7 Å². The number of benzene rings is 2. The van der Waals surface area contributed by atoms with Crippen molar-refractivity contribution in [3.63, 3.8) is 0 Å². The molecular weight excluding hydrogens is 416 g/mol. The lowest BCUT2D eigenvalue weighted by atomic mass is 9.99. The van der Waals surface area contributed by atoms with Gasteiger partial charge in [0.2, 0.25) is 0 Å². The number of hydrogen-bond donors (Lipinski definition) is 4. The maximum Gasteiger partial charge on any atom is 0.196 e. The molecule has 0 aliphatic carbocycles. The van der Waals surface area contributed by atoms with Gasteiger partial charge in [-0.3, -0.25) is 9.78 Å².